The molecule has 168 valence electrons. The first kappa shape index (κ1) is 21.5. The number of piperidine rings is 1. The predicted octanol–water partition coefficient (Wildman–Crippen LogP) is 2.77. The van der Waals surface area contributed by atoms with Gasteiger partial charge < -0.3 is 24.6 Å². The zero-order valence-electron chi connectivity index (χ0n) is 18.4. The van der Waals surface area contributed by atoms with Crippen LogP contribution in [0.1, 0.15) is 39.2 Å². The second-order valence-electron chi connectivity index (χ2n) is 9.77. The number of likely N-dealkylation sites (tertiary alicyclic amines) is 2. The fourth-order valence-electron chi connectivity index (χ4n) is 4.93. The van der Waals surface area contributed by atoms with Crippen molar-refractivity contribution in [2.75, 3.05) is 26.2 Å². The van der Waals surface area contributed by atoms with Crippen molar-refractivity contribution in [1.29, 1.82) is 0 Å². The number of nitrogens with zero attached hydrogens (tertiary/aromatic N) is 2. The molecule has 3 aliphatic heterocycles. The van der Waals surface area contributed by atoms with Crippen LogP contribution in [0, 0.1) is 11.8 Å². The highest BCUT2D eigenvalue weighted by atomic mass is 16.6. The number of carbonyl (C=O) groups excluding carboxylic acids is 3. The third-order valence-corrected chi connectivity index (χ3v) is 6.51. The molecule has 3 fully saturated rings. The van der Waals surface area contributed by atoms with E-state index in [0.29, 0.717) is 39.0 Å². The Morgan fingerprint density at radius 2 is 1.74 bits per heavy atom. The van der Waals surface area contributed by atoms with E-state index < -0.39 is 5.60 Å². The molecule has 31 heavy (non-hydrogen) atoms. The molecule has 2 atom stereocenters. The molecule has 1 N–H and O–H groups in total. The first-order valence-electron chi connectivity index (χ1n) is 10.9. The number of amides is 3. The van der Waals surface area contributed by atoms with Crippen LogP contribution in [0.25, 0.3) is 0 Å². The lowest BCUT2D eigenvalue weighted by molar-refractivity contribution is -0.123. The second-order valence-corrected chi connectivity index (χ2v) is 9.77. The number of rotatable bonds is 2. The molecule has 0 aromatic heterocycles. The maximum absolute atomic E-state index is 12.7. The van der Waals surface area contributed by atoms with Crippen molar-refractivity contribution in [1.82, 2.24) is 15.1 Å². The Labute approximate surface area is 182 Å². The molecular weight excluding hydrogens is 398 g/mol. The molecule has 2 unspecified atom stereocenters. The molecule has 3 saturated heterocycles. The van der Waals surface area contributed by atoms with Crippen LogP contribution in [-0.2, 0) is 20.9 Å². The summed E-state index contributed by atoms with van der Waals surface area (Å²) in [6, 6.07) is 9.54. The monoisotopic (exact) mass is 429 g/mol. The number of hydrogen-bond acceptors (Lipinski definition) is 5. The molecular formula is C23H31N3O5. The molecule has 3 aliphatic rings. The van der Waals surface area contributed by atoms with Gasteiger partial charge in [-0.05, 0) is 39.2 Å². The van der Waals surface area contributed by atoms with Gasteiger partial charge in [0.1, 0.15) is 12.2 Å². The van der Waals surface area contributed by atoms with E-state index in [4.69, 9.17) is 9.47 Å². The molecule has 0 bridgehead atoms. The summed E-state index contributed by atoms with van der Waals surface area (Å²) in [6.45, 7) is 7.68. The van der Waals surface area contributed by atoms with Gasteiger partial charge in [-0.1, -0.05) is 30.3 Å². The van der Waals surface area contributed by atoms with Crippen molar-refractivity contribution in [2.24, 2.45) is 11.8 Å². The van der Waals surface area contributed by atoms with E-state index in [0.717, 1.165) is 5.56 Å². The lowest BCUT2D eigenvalue weighted by Gasteiger charge is -2.42. The zero-order valence-corrected chi connectivity index (χ0v) is 18.4. The zero-order chi connectivity index (χ0) is 22.2. The Hall–Kier alpha value is -2.77. The third-order valence-electron chi connectivity index (χ3n) is 6.51. The summed E-state index contributed by atoms with van der Waals surface area (Å²) < 4.78 is 10.9. The van der Waals surface area contributed by atoms with Crippen LogP contribution in [0.15, 0.2) is 30.3 Å². The Balaban J connectivity index is 1.35. The first-order valence-corrected chi connectivity index (χ1v) is 10.9. The SMILES string of the molecule is CC(C)(C)OC(=O)N1CCC2(CC1)NC(=O)C1CN(C(=O)OCc3ccccc3)CC12. The number of hydrogen-bond donors (Lipinski definition) is 1. The second kappa shape index (κ2) is 8.05. The molecule has 8 heteroatoms. The van der Waals surface area contributed by atoms with Gasteiger partial charge in [0.2, 0.25) is 5.91 Å². The Bertz CT molecular complexity index is 843. The molecule has 0 saturated carbocycles. The number of nitrogens with one attached hydrogen (secondary N) is 1. The summed E-state index contributed by atoms with van der Waals surface area (Å²) >= 11 is 0. The minimum atomic E-state index is -0.537. The van der Waals surface area contributed by atoms with Gasteiger partial charge in [-0.15, -0.1) is 0 Å². The lowest BCUT2D eigenvalue weighted by Crippen LogP contribution is -2.56. The van der Waals surface area contributed by atoms with Crippen LogP contribution >= 0.6 is 0 Å². The number of carbonyl (C=O) groups is 3. The summed E-state index contributed by atoms with van der Waals surface area (Å²) in [5.41, 5.74) is 0.0126. The van der Waals surface area contributed by atoms with Crippen molar-refractivity contribution >= 4 is 18.1 Å². The Morgan fingerprint density at radius 3 is 2.39 bits per heavy atom. The standard InChI is InChI=1S/C23H31N3O5/c1-22(2,3)31-21(29)25-11-9-23(10-12-25)18-14-26(13-17(18)19(27)24-23)20(28)30-15-16-7-5-4-6-8-16/h4-8,17-18H,9-15H2,1-3H3,(H,24,27). The summed E-state index contributed by atoms with van der Waals surface area (Å²) in [6.07, 6.45) is 0.617. The van der Waals surface area contributed by atoms with Gasteiger partial charge in [0.05, 0.1) is 5.92 Å². The van der Waals surface area contributed by atoms with Gasteiger partial charge in [-0.25, -0.2) is 9.59 Å². The van der Waals surface area contributed by atoms with Crippen molar-refractivity contribution in [3.05, 3.63) is 35.9 Å². The third kappa shape index (κ3) is 4.48. The lowest BCUT2D eigenvalue weighted by atomic mass is 9.75. The predicted molar refractivity (Wildman–Crippen MR) is 113 cm³/mol. The molecule has 1 aromatic carbocycles. The van der Waals surface area contributed by atoms with Crippen LogP contribution in [0.3, 0.4) is 0 Å². The Kier molecular flexibility index (Phi) is 5.58. The van der Waals surface area contributed by atoms with E-state index in [2.05, 4.69) is 5.32 Å². The molecule has 0 aliphatic carbocycles. The van der Waals surface area contributed by atoms with Crippen molar-refractivity contribution < 1.29 is 23.9 Å². The number of fused-ring (bicyclic) bond motifs is 2. The van der Waals surface area contributed by atoms with E-state index >= 15 is 0 Å². The van der Waals surface area contributed by atoms with E-state index in [9.17, 15) is 14.4 Å². The van der Waals surface area contributed by atoms with Gasteiger partial charge in [-0.2, -0.15) is 0 Å². The minimum absolute atomic E-state index is 0.00548. The van der Waals surface area contributed by atoms with E-state index in [-0.39, 0.29) is 42.1 Å². The summed E-state index contributed by atoms with van der Waals surface area (Å²) in [5.74, 6) is -0.198. The normalized spacial score (nSPS) is 24.7. The average molecular weight is 430 g/mol. The van der Waals surface area contributed by atoms with Gasteiger partial charge in [0.25, 0.3) is 0 Å². The van der Waals surface area contributed by atoms with Gasteiger partial charge in [0, 0.05) is 37.6 Å². The molecule has 1 spiro atoms. The average Bonchev–Trinajstić information content (AvgIpc) is 3.27. The Morgan fingerprint density at radius 1 is 1.06 bits per heavy atom. The highest BCUT2D eigenvalue weighted by molar-refractivity contribution is 5.85. The fourth-order valence-corrected chi connectivity index (χ4v) is 4.93. The molecule has 3 heterocycles. The number of ether oxygens (including phenoxy) is 2. The van der Waals surface area contributed by atoms with Crippen molar-refractivity contribution in [3.8, 4) is 0 Å². The molecule has 0 radical (unpaired) electrons. The topological polar surface area (TPSA) is 88.2 Å². The highest BCUT2D eigenvalue weighted by Crippen LogP contribution is 2.44. The summed E-state index contributed by atoms with van der Waals surface area (Å²) in [7, 11) is 0. The van der Waals surface area contributed by atoms with Crippen LogP contribution in [0.4, 0.5) is 9.59 Å². The first-order chi connectivity index (χ1) is 14.7. The van der Waals surface area contributed by atoms with Crippen LogP contribution in [0.5, 0.6) is 0 Å². The van der Waals surface area contributed by atoms with E-state index in [1.807, 2.05) is 51.1 Å². The van der Waals surface area contributed by atoms with Gasteiger partial charge in [0.15, 0.2) is 0 Å². The highest BCUT2D eigenvalue weighted by Gasteiger charge is 2.58. The quantitative estimate of drug-likeness (QED) is 0.781. The maximum Gasteiger partial charge on any atom is 0.410 e. The minimum Gasteiger partial charge on any atom is -0.445 e. The smallest absolute Gasteiger partial charge is 0.410 e. The van der Waals surface area contributed by atoms with Crippen LogP contribution in [-0.4, -0.2) is 65.2 Å². The molecule has 1 aromatic rings. The molecule has 8 nitrogen and oxygen atoms in total. The van der Waals surface area contributed by atoms with Gasteiger partial charge >= 0.3 is 12.2 Å². The van der Waals surface area contributed by atoms with Crippen molar-refractivity contribution in [2.45, 2.75) is 51.4 Å². The molecule has 3 amide bonds. The number of benzene rings is 1. The van der Waals surface area contributed by atoms with Crippen LogP contribution < -0.4 is 5.32 Å². The summed E-state index contributed by atoms with van der Waals surface area (Å²) in [4.78, 5) is 41.0. The van der Waals surface area contributed by atoms with Crippen molar-refractivity contribution in [3.63, 3.8) is 0 Å². The fraction of sp³-hybridized carbons (Fsp3) is 0.609. The summed E-state index contributed by atoms with van der Waals surface area (Å²) in [5, 5.41) is 3.20. The van der Waals surface area contributed by atoms with E-state index in [1.165, 1.54) is 0 Å². The van der Waals surface area contributed by atoms with Gasteiger partial charge in [-0.3, -0.25) is 4.79 Å². The largest absolute Gasteiger partial charge is 0.445 e. The van der Waals surface area contributed by atoms with Crippen LogP contribution in [0.2, 0.25) is 0 Å². The van der Waals surface area contributed by atoms with E-state index in [1.54, 1.807) is 9.80 Å². The maximum atomic E-state index is 12.7. The molecule has 4 rings (SSSR count).